The first-order valence-electron chi connectivity index (χ1n) is 11.2. The maximum absolute atomic E-state index is 10.3. The molecule has 0 aromatic carbocycles. The molecule has 5 rings (SSSR count). The standard InChI is InChI=1S/C26H35NO/c1-23-11-9-20(28)16-19(23)7-8-22-25(3)12-10-21(18-6-5-15-27-17-18)24(25,2)13-14-26(22,23)4/h5-7,10,15,17,20,22,28H,8-9,11-14,16H2,1-4H3/t20-,22-,23-,24+,25-,26-/m0/s1. The summed E-state index contributed by atoms with van der Waals surface area (Å²) in [5, 5.41) is 10.3. The average Bonchev–Trinajstić information content (AvgIpc) is 2.96. The van der Waals surface area contributed by atoms with Gasteiger partial charge in [0, 0.05) is 12.4 Å². The topological polar surface area (TPSA) is 33.1 Å². The molecule has 0 amide bonds. The summed E-state index contributed by atoms with van der Waals surface area (Å²) in [5.74, 6) is 0.688. The molecule has 0 unspecified atom stereocenters. The van der Waals surface area contributed by atoms with Crippen LogP contribution in [0, 0.1) is 27.6 Å². The average molecular weight is 378 g/mol. The summed E-state index contributed by atoms with van der Waals surface area (Å²) in [6.07, 6.45) is 16.8. The number of nitrogens with zero attached hydrogens (tertiary/aromatic N) is 1. The minimum atomic E-state index is -0.130. The molecule has 0 bridgehead atoms. The van der Waals surface area contributed by atoms with Gasteiger partial charge in [0.2, 0.25) is 0 Å². The lowest BCUT2D eigenvalue weighted by Gasteiger charge is -2.67. The van der Waals surface area contributed by atoms with Crippen molar-refractivity contribution in [2.75, 3.05) is 0 Å². The maximum atomic E-state index is 10.3. The fourth-order valence-corrected chi connectivity index (χ4v) is 7.96. The molecule has 1 heterocycles. The van der Waals surface area contributed by atoms with Crippen molar-refractivity contribution in [3.8, 4) is 0 Å². The number of allylic oxidation sites excluding steroid dienone is 3. The Labute approximate surface area is 170 Å². The highest BCUT2D eigenvalue weighted by Gasteiger charge is 2.67. The molecule has 2 nitrogen and oxygen atoms in total. The Balaban J connectivity index is 1.58. The smallest absolute Gasteiger partial charge is 0.0577 e. The van der Waals surface area contributed by atoms with Crippen molar-refractivity contribution in [3.05, 3.63) is 47.8 Å². The Morgan fingerprint density at radius 1 is 1.00 bits per heavy atom. The number of hydrogen-bond donors (Lipinski definition) is 1. The van der Waals surface area contributed by atoms with Crippen LogP contribution in [-0.4, -0.2) is 16.2 Å². The van der Waals surface area contributed by atoms with Gasteiger partial charge in [-0.25, -0.2) is 0 Å². The van der Waals surface area contributed by atoms with Gasteiger partial charge in [-0.05, 0) is 89.7 Å². The number of rotatable bonds is 1. The van der Waals surface area contributed by atoms with Crippen LogP contribution in [0.15, 0.2) is 42.3 Å². The molecule has 0 spiro atoms. The first-order chi connectivity index (χ1) is 13.2. The van der Waals surface area contributed by atoms with Gasteiger partial charge in [-0.15, -0.1) is 0 Å². The molecule has 4 aliphatic carbocycles. The highest BCUT2D eigenvalue weighted by molar-refractivity contribution is 5.73. The summed E-state index contributed by atoms with van der Waals surface area (Å²) in [5.41, 5.74) is 5.47. The zero-order valence-corrected chi connectivity index (χ0v) is 18.0. The summed E-state index contributed by atoms with van der Waals surface area (Å²) < 4.78 is 0. The van der Waals surface area contributed by atoms with E-state index in [1.54, 1.807) is 5.57 Å². The second-order valence-electron chi connectivity index (χ2n) is 11.0. The molecule has 6 atom stereocenters. The lowest BCUT2D eigenvalue weighted by molar-refractivity contribution is -0.140. The molecule has 2 heteroatoms. The Morgan fingerprint density at radius 2 is 1.82 bits per heavy atom. The molecule has 1 aromatic heterocycles. The van der Waals surface area contributed by atoms with Crippen molar-refractivity contribution in [3.63, 3.8) is 0 Å². The molecule has 4 aliphatic rings. The molecular weight excluding hydrogens is 342 g/mol. The fraction of sp³-hybridized carbons (Fsp3) is 0.654. The zero-order chi connectivity index (χ0) is 19.8. The Kier molecular flexibility index (Phi) is 3.86. The van der Waals surface area contributed by atoms with E-state index in [1.807, 2.05) is 6.20 Å². The van der Waals surface area contributed by atoms with E-state index in [4.69, 9.17) is 0 Å². The quantitative estimate of drug-likeness (QED) is 0.593. The lowest BCUT2D eigenvalue weighted by Crippen LogP contribution is -2.60. The SMILES string of the molecule is C[C@]12CC[C@H](O)CC1=CC[C@@H]1[C@]2(C)CC[C@]2(C)C(c3cccnc3)=CC[C@@]12C. The maximum Gasteiger partial charge on any atom is 0.0577 e. The first kappa shape index (κ1) is 18.6. The fourth-order valence-electron chi connectivity index (χ4n) is 7.96. The molecule has 2 saturated carbocycles. The number of aliphatic hydroxyl groups excluding tert-OH is 1. The third-order valence-electron chi connectivity index (χ3n) is 10.2. The van der Waals surface area contributed by atoms with Gasteiger partial charge < -0.3 is 5.11 Å². The summed E-state index contributed by atoms with van der Waals surface area (Å²) >= 11 is 0. The van der Waals surface area contributed by atoms with Crippen LogP contribution in [0.5, 0.6) is 0 Å². The van der Waals surface area contributed by atoms with E-state index in [2.05, 4.69) is 63.2 Å². The van der Waals surface area contributed by atoms with Gasteiger partial charge in [0.25, 0.3) is 0 Å². The third-order valence-corrected chi connectivity index (χ3v) is 10.2. The molecular formula is C26H35NO. The van der Waals surface area contributed by atoms with Crippen LogP contribution >= 0.6 is 0 Å². The minimum Gasteiger partial charge on any atom is -0.393 e. The van der Waals surface area contributed by atoms with Crippen LogP contribution in [0.2, 0.25) is 0 Å². The number of aromatic nitrogens is 1. The van der Waals surface area contributed by atoms with Crippen molar-refractivity contribution >= 4 is 5.57 Å². The second-order valence-corrected chi connectivity index (χ2v) is 11.0. The van der Waals surface area contributed by atoms with Gasteiger partial charge in [0.05, 0.1) is 6.10 Å². The summed E-state index contributed by atoms with van der Waals surface area (Å²) in [6.45, 7) is 10.2. The van der Waals surface area contributed by atoms with Gasteiger partial charge in [-0.2, -0.15) is 0 Å². The molecule has 0 saturated heterocycles. The molecule has 1 N–H and O–H groups in total. The minimum absolute atomic E-state index is 0.130. The summed E-state index contributed by atoms with van der Waals surface area (Å²) in [7, 11) is 0. The first-order valence-corrected chi connectivity index (χ1v) is 11.2. The third kappa shape index (κ3) is 2.11. The Hall–Kier alpha value is -1.41. The summed E-state index contributed by atoms with van der Waals surface area (Å²) in [6, 6.07) is 4.32. The molecule has 1 aromatic rings. The van der Waals surface area contributed by atoms with Crippen molar-refractivity contribution in [2.45, 2.75) is 78.7 Å². The van der Waals surface area contributed by atoms with E-state index < -0.39 is 0 Å². The van der Waals surface area contributed by atoms with E-state index in [1.165, 1.54) is 36.8 Å². The number of fused-ring (bicyclic) bond motifs is 5. The van der Waals surface area contributed by atoms with Crippen molar-refractivity contribution in [1.29, 1.82) is 0 Å². The van der Waals surface area contributed by atoms with Gasteiger partial charge in [-0.3, -0.25) is 4.98 Å². The van der Waals surface area contributed by atoms with Crippen LogP contribution in [-0.2, 0) is 0 Å². The Bertz CT molecular complexity index is 856. The largest absolute Gasteiger partial charge is 0.393 e. The van der Waals surface area contributed by atoms with Crippen LogP contribution in [0.1, 0.15) is 78.2 Å². The van der Waals surface area contributed by atoms with Gasteiger partial charge in [-0.1, -0.05) is 51.5 Å². The van der Waals surface area contributed by atoms with Gasteiger partial charge >= 0.3 is 0 Å². The molecule has 2 fully saturated rings. The zero-order valence-electron chi connectivity index (χ0n) is 18.0. The van der Waals surface area contributed by atoms with E-state index in [-0.39, 0.29) is 22.3 Å². The monoisotopic (exact) mass is 377 g/mol. The number of hydrogen-bond acceptors (Lipinski definition) is 2. The van der Waals surface area contributed by atoms with E-state index in [0.717, 1.165) is 19.3 Å². The normalized spacial score (nSPS) is 47.5. The summed E-state index contributed by atoms with van der Waals surface area (Å²) in [4.78, 5) is 4.41. The van der Waals surface area contributed by atoms with Crippen molar-refractivity contribution in [1.82, 2.24) is 4.98 Å². The predicted molar refractivity (Wildman–Crippen MR) is 115 cm³/mol. The predicted octanol–water partition coefficient (Wildman–Crippen LogP) is 6.18. The van der Waals surface area contributed by atoms with E-state index >= 15 is 0 Å². The van der Waals surface area contributed by atoms with Crippen LogP contribution in [0.25, 0.3) is 5.57 Å². The molecule has 0 aliphatic heterocycles. The van der Waals surface area contributed by atoms with Gasteiger partial charge in [0.15, 0.2) is 0 Å². The number of pyridine rings is 1. The lowest BCUT2D eigenvalue weighted by atomic mass is 9.37. The molecule has 28 heavy (non-hydrogen) atoms. The van der Waals surface area contributed by atoms with Crippen molar-refractivity contribution < 1.29 is 5.11 Å². The van der Waals surface area contributed by atoms with E-state index in [9.17, 15) is 5.11 Å². The molecule has 150 valence electrons. The van der Waals surface area contributed by atoms with E-state index in [0.29, 0.717) is 11.3 Å². The van der Waals surface area contributed by atoms with Gasteiger partial charge in [0.1, 0.15) is 0 Å². The van der Waals surface area contributed by atoms with Crippen LogP contribution < -0.4 is 0 Å². The highest BCUT2D eigenvalue weighted by Crippen LogP contribution is 2.75. The van der Waals surface area contributed by atoms with Crippen LogP contribution in [0.4, 0.5) is 0 Å². The number of aliphatic hydroxyl groups is 1. The Morgan fingerprint density at radius 3 is 2.57 bits per heavy atom. The molecule has 0 radical (unpaired) electrons. The van der Waals surface area contributed by atoms with Crippen molar-refractivity contribution in [2.24, 2.45) is 27.6 Å². The second kappa shape index (κ2) is 5.81. The highest BCUT2D eigenvalue weighted by atomic mass is 16.3. The van der Waals surface area contributed by atoms with Crippen LogP contribution in [0.3, 0.4) is 0 Å².